The average Bonchev–Trinajstić information content (AvgIpc) is 1.38. The normalized spacial score (nSPS) is 8.33. The van der Waals surface area contributed by atoms with Gasteiger partial charge in [0.15, 0.2) is 0 Å². The van der Waals surface area contributed by atoms with E-state index >= 15 is 0 Å². The largest absolute Gasteiger partial charge is 2.00 e. The summed E-state index contributed by atoms with van der Waals surface area (Å²) in [5.74, 6) is 0.634. The van der Waals surface area contributed by atoms with Gasteiger partial charge in [-0.05, 0) is 0 Å². The molecule has 0 heterocycles. The van der Waals surface area contributed by atoms with Gasteiger partial charge in [0.25, 0.3) is 0 Å². The molecule has 3 heteroatoms. The van der Waals surface area contributed by atoms with Crippen molar-refractivity contribution in [3.63, 3.8) is 0 Å². The third-order valence-corrected chi connectivity index (χ3v) is 0.697. The average molecular weight is 199 g/mol. The smallest absolute Gasteiger partial charge is 0.358 e. The maximum absolute atomic E-state index is 3.76. The first kappa shape index (κ1) is 32.4. The van der Waals surface area contributed by atoms with Crippen LogP contribution in [0.3, 0.4) is 0 Å². The number of rotatable bonds is 1. The maximum atomic E-state index is 3.76. The summed E-state index contributed by atoms with van der Waals surface area (Å²) in [6.45, 7) is 8.00. The monoisotopic (exact) mass is 198 g/mol. The maximum Gasteiger partial charge on any atom is 2.00 e. The Labute approximate surface area is 83.5 Å². The van der Waals surface area contributed by atoms with Crippen molar-refractivity contribution >= 4 is 16.8 Å². The van der Waals surface area contributed by atoms with Gasteiger partial charge in [-0.1, -0.05) is 20.3 Å². The molecule has 1 unspecified atom stereocenters. The van der Waals surface area contributed by atoms with Crippen molar-refractivity contribution in [3.05, 3.63) is 14.4 Å². The Bertz CT molecular complexity index is 25.0. The van der Waals surface area contributed by atoms with E-state index in [0.717, 1.165) is 0 Å². The second-order valence-corrected chi connectivity index (χ2v) is 1.51. The van der Waals surface area contributed by atoms with Gasteiger partial charge in [0, 0.05) is 16.8 Å². The number of hydrogen-bond acceptors (Lipinski definition) is 0. The first-order valence-corrected chi connectivity index (χ1v) is 2.10. The van der Waals surface area contributed by atoms with E-state index in [1.54, 1.807) is 0 Å². The molecular weight excluding hydrogens is 185 g/mol. The van der Waals surface area contributed by atoms with Crippen molar-refractivity contribution in [3.8, 4) is 0 Å². The predicted molar refractivity (Wildman–Crippen MR) is 42.7 cm³/mol. The van der Waals surface area contributed by atoms with E-state index in [9.17, 15) is 0 Å². The van der Waals surface area contributed by atoms with Gasteiger partial charge >= 0.3 is 26.2 Å². The van der Waals surface area contributed by atoms with Crippen molar-refractivity contribution in [2.45, 2.75) is 20.3 Å². The van der Waals surface area contributed by atoms with Gasteiger partial charge in [0.05, 0.1) is 0 Å². The van der Waals surface area contributed by atoms with Crippen molar-refractivity contribution in [1.82, 2.24) is 0 Å². The molecule has 0 bridgehead atoms. The zero-order valence-corrected chi connectivity index (χ0v) is 9.10. The molecule has 1 atom stereocenters. The van der Waals surface area contributed by atoms with Crippen LogP contribution in [0.5, 0.6) is 0 Å². The van der Waals surface area contributed by atoms with E-state index in [1.165, 1.54) is 6.42 Å². The molecule has 6 radical (unpaired) electrons. The summed E-state index contributed by atoms with van der Waals surface area (Å²) < 4.78 is 0. The topological polar surface area (TPSA) is 0 Å². The molecule has 0 spiro atoms. The van der Waals surface area contributed by atoms with Crippen LogP contribution in [0.1, 0.15) is 20.3 Å². The summed E-state index contributed by atoms with van der Waals surface area (Å²) in [7, 11) is 0. The Morgan fingerprint density at radius 2 is 1.44 bits per heavy atom. The molecule has 0 amide bonds. The molecule has 0 saturated carbocycles. The Balaban J connectivity index is -0.0000000133. The molecular formula is C6H14B2Zr. The molecule has 48 valence electrons. The second-order valence-electron chi connectivity index (χ2n) is 1.51. The minimum atomic E-state index is 0. The second kappa shape index (κ2) is 23.0. The van der Waals surface area contributed by atoms with E-state index in [1.807, 2.05) is 0 Å². The van der Waals surface area contributed by atoms with E-state index in [4.69, 9.17) is 0 Å². The third-order valence-electron chi connectivity index (χ3n) is 0.697. The zero-order chi connectivity index (χ0) is 4.28. The van der Waals surface area contributed by atoms with Crippen LogP contribution in [0.15, 0.2) is 0 Å². The van der Waals surface area contributed by atoms with Gasteiger partial charge in [-0.15, -0.1) is 0 Å². The van der Waals surface area contributed by atoms with Crippen LogP contribution >= 0.6 is 0 Å². The van der Waals surface area contributed by atoms with E-state index in [0.29, 0.717) is 5.92 Å². The van der Waals surface area contributed by atoms with Crippen LogP contribution in [-0.4, -0.2) is 16.8 Å². The molecule has 0 nitrogen and oxygen atoms in total. The summed E-state index contributed by atoms with van der Waals surface area (Å²) in [6, 6.07) is 0. The van der Waals surface area contributed by atoms with Crippen LogP contribution in [0.2, 0.25) is 0 Å². The van der Waals surface area contributed by atoms with E-state index in [2.05, 4.69) is 20.8 Å². The summed E-state index contributed by atoms with van der Waals surface area (Å²) in [5.41, 5.74) is 0. The minimum Gasteiger partial charge on any atom is -0.358 e. The molecule has 0 aliphatic heterocycles. The van der Waals surface area contributed by atoms with Crippen molar-refractivity contribution < 1.29 is 26.2 Å². The quantitative estimate of drug-likeness (QED) is 0.444. The molecule has 0 aromatic carbocycles. The minimum absolute atomic E-state index is 0. The van der Waals surface area contributed by atoms with Gasteiger partial charge < -0.3 is 14.4 Å². The third kappa shape index (κ3) is 48.8. The van der Waals surface area contributed by atoms with Gasteiger partial charge in [0.1, 0.15) is 0 Å². The molecule has 0 rings (SSSR count). The van der Waals surface area contributed by atoms with Crippen LogP contribution in [0, 0.1) is 20.3 Å². The molecule has 0 aromatic heterocycles. The van der Waals surface area contributed by atoms with Gasteiger partial charge in [0.2, 0.25) is 0 Å². The summed E-state index contributed by atoms with van der Waals surface area (Å²) >= 11 is 0. The van der Waals surface area contributed by atoms with Crippen molar-refractivity contribution in [2.75, 3.05) is 0 Å². The van der Waals surface area contributed by atoms with Gasteiger partial charge in [-0.3, -0.25) is 0 Å². The zero-order valence-electron chi connectivity index (χ0n) is 6.65. The molecule has 0 saturated heterocycles. The van der Waals surface area contributed by atoms with Crippen LogP contribution in [0.4, 0.5) is 0 Å². The number of hydrogen-bond donors (Lipinski definition) is 0. The fourth-order valence-electron chi connectivity index (χ4n) is 0. The molecule has 0 fully saturated rings. The molecule has 0 aliphatic carbocycles. The SMILES string of the molecule is [B].[B].[CH2-]C(C)CC.[CH3-].[Zr+2]. The van der Waals surface area contributed by atoms with Crippen LogP contribution in [0.25, 0.3) is 0 Å². The van der Waals surface area contributed by atoms with Crippen molar-refractivity contribution in [2.24, 2.45) is 5.92 Å². The Morgan fingerprint density at radius 3 is 1.44 bits per heavy atom. The Kier molecular flexibility index (Phi) is 82.8. The van der Waals surface area contributed by atoms with Crippen LogP contribution < -0.4 is 0 Å². The van der Waals surface area contributed by atoms with Gasteiger partial charge in [-0.25, -0.2) is 0 Å². The van der Waals surface area contributed by atoms with Crippen molar-refractivity contribution in [1.29, 1.82) is 0 Å². The van der Waals surface area contributed by atoms with E-state index in [-0.39, 0.29) is 50.5 Å². The fraction of sp³-hybridized carbons (Fsp3) is 0.667. The molecule has 9 heavy (non-hydrogen) atoms. The van der Waals surface area contributed by atoms with Crippen LogP contribution in [-0.2, 0) is 26.2 Å². The Hall–Kier alpha value is 1.01. The molecule has 0 aromatic rings. The summed E-state index contributed by atoms with van der Waals surface area (Å²) in [5, 5.41) is 0. The summed E-state index contributed by atoms with van der Waals surface area (Å²) in [4.78, 5) is 0. The molecule has 0 aliphatic rings. The fourth-order valence-corrected chi connectivity index (χ4v) is 0. The Morgan fingerprint density at radius 1 is 1.33 bits per heavy atom. The first-order valence-electron chi connectivity index (χ1n) is 2.10. The van der Waals surface area contributed by atoms with Gasteiger partial charge in [-0.2, -0.15) is 5.92 Å². The standard InChI is InChI=1S/C5H11.CH3.2B.Zr/c1-4-5(2)3;;;;/h5H,2,4H2,1,3H3;1H3;;;/q2*-1;;;+2. The predicted octanol–water partition coefficient (Wildman–Crippen LogP) is 1.55. The van der Waals surface area contributed by atoms with E-state index < -0.39 is 0 Å². The first-order chi connectivity index (χ1) is 2.27. The summed E-state index contributed by atoms with van der Waals surface area (Å²) in [6.07, 6.45) is 1.19. The molecule has 0 N–H and O–H groups in total.